The summed E-state index contributed by atoms with van der Waals surface area (Å²) in [7, 11) is 0. The zero-order valence-electron chi connectivity index (χ0n) is 15.2. The lowest BCUT2D eigenvalue weighted by atomic mass is 10.0. The second-order valence-corrected chi connectivity index (χ2v) is 6.49. The van der Waals surface area contributed by atoms with Gasteiger partial charge in [-0.05, 0) is 55.3 Å². The van der Waals surface area contributed by atoms with Gasteiger partial charge in [-0.25, -0.2) is 4.79 Å². The van der Waals surface area contributed by atoms with Crippen LogP contribution >= 0.6 is 0 Å². The van der Waals surface area contributed by atoms with E-state index in [1.807, 2.05) is 48.5 Å². The van der Waals surface area contributed by atoms with E-state index in [4.69, 9.17) is 20.2 Å². The molecular weight excluding hydrogens is 358 g/mol. The third-order valence-corrected chi connectivity index (χ3v) is 4.55. The number of nitrogens with zero attached hydrogens (tertiary/aromatic N) is 1. The van der Waals surface area contributed by atoms with Crippen LogP contribution in [0.4, 0.5) is 16.2 Å². The second kappa shape index (κ2) is 8.06. The molecule has 0 bridgehead atoms. The number of carbonyl (C=O) groups is 1. The van der Waals surface area contributed by atoms with Crippen molar-refractivity contribution in [1.29, 1.82) is 0 Å². The summed E-state index contributed by atoms with van der Waals surface area (Å²) in [4.78, 5) is 24.5. The number of carbonyl (C=O) groups excluding carboxylic acids is 1. The molecule has 2 heterocycles. The number of benzene rings is 2. The number of hydrogen-bond acceptors (Lipinski definition) is 5. The minimum Gasteiger partial charge on any atom is -0.453 e. The van der Waals surface area contributed by atoms with Gasteiger partial charge in [-0.3, -0.25) is 14.7 Å². The molecule has 0 spiro atoms. The van der Waals surface area contributed by atoms with Crippen LogP contribution in [0.25, 0.3) is 0 Å². The number of ether oxygens (including phenoxy) is 1. The fourth-order valence-electron chi connectivity index (χ4n) is 3.27. The highest BCUT2D eigenvalue weighted by atomic mass is 17.2. The maximum Gasteiger partial charge on any atom is 0.326 e. The van der Waals surface area contributed by atoms with Crippen LogP contribution in [0.2, 0.25) is 0 Å². The van der Waals surface area contributed by atoms with Gasteiger partial charge in [0.05, 0.1) is 11.4 Å². The Morgan fingerprint density at radius 1 is 1.04 bits per heavy atom. The number of nitrogens with one attached hydrogen (secondary N) is 1. The Morgan fingerprint density at radius 3 is 2.32 bits per heavy atom. The molecule has 0 aliphatic carbocycles. The summed E-state index contributed by atoms with van der Waals surface area (Å²) in [6, 6.07) is 14.5. The van der Waals surface area contributed by atoms with Gasteiger partial charge in [-0.15, -0.1) is 0 Å². The normalized spacial score (nSPS) is 15.2. The van der Waals surface area contributed by atoms with E-state index >= 15 is 0 Å². The maximum atomic E-state index is 13.3. The summed E-state index contributed by atoms with van der Waals surface area (Å²) in [5.41, 5.74) is 8.06. The average Bonchev–Trinajstić information content (AvgIpc) is 2.72. The van der Waals surface area contributed by atoms with E-state index in [1.54, 1.807) is 11.0 Å². The van der Waals surface area contributed by atoms with Gasteiger partial charge in [0.15, 0.2) is 11.5 Å². The zero-order chi connectivity index (χ0) is 19.3. The minimum atomic E-state index is -0.237. The number of rotatable bonds is 5. The van der Waals surface area contributed by atoms with Crippen LogP contribution in [0.15, 0.2) is 72.7 Å². The lowest BCUT2D eigenvalue weighted by Crippen LogP contribution is -2.44. The first-order valence-electron chi connectivity index (χ1n) is 9.10. The molecule has 1 atom stereocenters. The van der Waals surface area contributed by atoms with Gasteiger partial charge >= 0.3 is 6.03 Å². The van der Waals surface area contributed by atoms with Crippen LogP contribution in [0.1, 0.15) is 12.8 Å². The van der Waals surface area contributed by atoms with Crippen LogP contribution in [-0.4, -0.2) is 18.6 Å². The van der Waals surface area contributed by atoms with Gasteiger partial charge in [-0.1, -0.05) is 24.3 Å². The number of nitrogens with two attached hydrogens (primary N) is 1. The smallest absolute Gasteiger partial charge is 0.326 e. The maximum absolute atomic E-state index is 13.3. The van der Waals surface area contributed by atoms with Crippen LogP contribution in [0.5, 0.6) is 11.5 Å². The lowest BCUT2D eigenvalue weighted by Gasteiger charge is -2.32. The van der Waals surface area contributed by atoms with Crippen LogP contribution in [0, 0.1) is 0 Å². The van der Waals surface area contributed by atoms with Crippen LogP contribution in [-0.2, 0) is 9.78 Å². The number of hydrogen-bond donors (Lipinski definition) is 2. The number of anilines is 2. The molecule has 7 nitrogen and oxygen atoms in total. The average molecular weight is 379 g/mol. The van der Waals surface area contributed by atoms with Gasteiger partial charge in [0, 0.05) is 6.04 Å². The highest BCUT2D eigenvalue weighted by Crippen LogP contribution is 2.46. The molecule has 0 saturated carbocycles. The van der Waals surface area contributed by atoms with Crippen LogP contribution in [0.3, 0.4) is 0 Å². The molecule has 144 valence electrons. The Balaban J connectivity index is 1.59. The molecule has 2 aromatic rings. The molecule has 28 heavy (non-hydrogen) atoms. The lowest BCUT2D eigenvalue weighted by molar-refractivity contribution is -0.199. The Hall–Kier alpha value is -3.45. The summed E-state index contributed by atoms with van der Waals surface area (Å²) in [6.45, 7) is 0.454. The molecule has 0 fully saturated rings. The predicted molar refractivity (Wildman–Crippen MR) is 105 cm³/mol. The van der Waals surface area contributed by atoms with Crippen molar-refractivity contribution < 1.29 is 19.3 Å². The van der Waals surface area contributed by atoms with Crippen molar-refractivity contribution in [2.24, 2.45) is 5.73 Å². The number of para-hydroxylation sites is 4. The molecular formula is C21H21N3O4. The van der Waals surface area contributed by atoms with Crippen molar-refractivity contribution in [1.82, 2.24) is 5.32 Å². The molecule has 2 amide bonds. The van der Waals surface area contributed by atoms with Crippen molar-refractivity contribution in [3.05, 3.63) is 72.7 Å². The van der Waals surface area contributed by atoms with Crippen molar-refractivity contribution in [3.8, 4) is 11.5 Å². The summed E-state index contributed by atoms with van der Waals surface area (Å²) in [6.07, 6.45) is 6.00. The van der Waals surface area contributed by atoms with E-state index in [0.717, 1.165) is 5.57 Å². The fraction of sp³-hybridized carbons (Fsp3) is 0.190. The number of fused-ring (bicyclic) bond motifs is 2. The largest absolute Gasteiger partial charge is 0.453 e. The van der Waals surface area contributed by atoms with Crippen molar-refractivity contribution in [2.75, 3.05) is 11.4 Å². The quantitative estimate of drug-likeness (QED) is 0.764. The predicted octanol–water partition coefficient (Wildman–Crippen LogP) is 4.11. The molecule has 2 aliphatic rings. The highest BCUT2D eigenvalue weighted by molar-refractivity contribution is 6.03. The standard InChI is InChI=1S/C21H21N3O4/c22-11-9-16(13-15-10-12-26-27-14-15)23-21(25)24-17-5-1-3-7-19(17)28-20-8-4-2-6-18(20)24/h1-8,10,12,14,16H,9,11,13,22H2,(H,23,25). The van der Waals surface area contributed by atoms with E-state index in [9.17, 15) is 4.79 Å². The second-order valence-electron chi connectivity index (χ2n) is 6.49. The van der Waals surface area contributed by atoms with Gasteiger partial charge in [0.1, 0.15) is 12.5 Å². The molecule has 1 unspecified atom stereocenters. The zero-order valence-corrected chi connectivity index (χ0v) is 15.2. The molecule has 4 rings (SSSR count). The first kappa shape index (κ1) is 17.9. The first-order chi connectivity index (χ1) is 13.8. The summed E-state index contributed by atoms with van der Waals surface area (Å²) >= 11 is 0. The van der Waals surface area contributed by atoms with Crippen molar-refractivity contribution in [2.45, 2.75) is 18.9 Å². The van der Waals surface area contributed by atoms with Crippen molar-refractivity contribution >= 4 is 17.4 Å². The molecule has 0 saturated heterocycles. The molecule has 3 N–H and O–H groups in total. The van der Waals surface area contributed by atoms with Crippen LogP contribution < -0.4 is 20.7 Å². The van der Waals surface area contributed by atoms with Gasteiger partial charge in [0.2, 0.25) is 0 Å². The number of allylic oxidation sites excluding steroid dienone is 1. The van der Waals surface area contributed by atoms with Gasteiger partial charge < -0.3 is 15.8 Å². The number of urea groups is 1. The molecule has 0 aromatic heterocycles. The highest BCUT2D eigenvalue weighted by Gasteiger charge is 2.30. The number of amides is 2. The van der Waals surface area contributed by atoms with Gasteiger partial charge in [0.25, 0.3) is 0 Å². The molecule has 2 aliphatic heterocycles. The van der Waals surface area contributed by atoms with Gasteiger partial charge in [-0.2, -0.15) is 0 Å². The first-order valence-corrected chi connectivity index (χ1v) is 9.10. The van der Waals surface area contributed by atoms with E-state index in [-0.39, 0.29) is 12.1 Å². The van der Waals surface area contributed by atoms with Crippen molar-refractivity contribution in [3.63, 3.8) is 0 Å². The minimum absolute atomic E-state index is 0.155. The Labute approximate surface area is 162 Å². The molecule has 2 aromatic carbocycles. The topological polar surface area (TPSA) is 86.1 Å². The third-order valence-electron chi connectivity index (χ3n) is 4.55. The summed E-state index contributed by atoms with van der Waals surface area (Å²) in [5, 5.41) is 3.10. The Bertz CT molecular complexity index is 880. The fourth-order valence-corrected chi connectivity index (χ4v) is 3.27. The Morgan fingerprint density at radius 2 is 1.71 bits per heavy atom. The van der Waals surface area contributed by atoms with E-state index in [0.29, 0.717) is 42.3 Å². The Kier molecular flexibility index (Phi) is 5.16. The molecule has 0 radical (unpaired) electrons. The third kappa shape index (κ3) is 3.65. The van der Waals surface area contributed by atoms with E-state index < -0.39 is 0 Å². The monoisotopic (exact) mass is 379 g/mol. The van der Waals surface area contributed by atoms with E-state index in [2.05, 4.69) is 5.32 Å². The molecule has 7 heteroatoms. The van der Waals surface area contributed by atoms with E-state index in [1.165, 1.54) is 12.5 Å². The summed E-state index contributed by atoms with van der Waals surface area (Å²) < 4.78 is 5.94. The summed E-state index contributed by atoms with van der Waals surface area (Å²) in [5.74, 6) is 1.27. The SMILES string of the molecule is NCCC(CC1=COOC=C1)NC(=O)N1c2ccccc2Oc2ccccc21.